The van der Waals surface area contributed by atoms with Crippen molar-refractivity contribution in [2.24, 2.45) is 0 Å². The normalized spacial score (nSPS) is 17.8. The van der Waals surface area contributed by atoms with Crippen molar-refractivity contribution in [3.8, 4) is 5.75 Å². The van der Waals surface area contributed by atoms with Crippen molar-refractivity contribution in [1.29, 1.82) is 0 Å². The van der Waals surface area contributed by atoms with Crippen molar-refractivity contribution < 1.29 is 4.74 Å². The molecular weight excluding hydrogens is 302 g/mol. The molecule has 0 saturated heterocycles. The predicted molar refractivity (Wildman–Crippen MR) is 80.5 cm³/mol. The molecule has 0 bridgehead atoms. The molecule has 2 aromatic rings. The molecule has 0 fully saturated rings. The fourth-order valence-electron chi connectivity index (χ4n) is 2.49. The highest BCUT2D eigenvalue weighted by Gasteiger charge is 2.19. The number of benzene rings is 2. The molecule has 3 heteroatoms. The fourth-order valence-corrected chi connectivity index (χ4v) is 2.87. The molecule has 1 aliphatic heterocycles. The topological polar surface area (TPSA) is 21.3 Å². The van der Waals surface area contributed by atoms with E-state index in [1.165, 1.54) is 11.1 Å². The maximum Gasteiger partial charge on any atom is 0.120 e. The SMILES string of the molecule is Brc1cccc(OCC2CNCc3ccccc32)c1. The number of hydrogen-bond acceptors (Lipinski definition) is 2. The van der Waals surface area contributed by atoms with Crippen molar-refractivity contribution in [3.05, 3.63) is 64.1 Å². The number of nitrogens with one attached hydrogen (secondary N) is 1. The lowest BCUT2D eigenvalue weighted by Gasteiger charge is -2.26. The van der Waals surface area contributed by atoms with E-state index in [4.69, 9.17) is 4.74 Å². The molecule has 2 nitrogen and oxygen atoms in total. The zero-order chi connectivity index (χ0) is 13.1. The molecule has 0 aromatic heterocycles. The van der Waals surface area contributed by atoms with E-state index >= 15 is 0 Å². The van der Waals surface area contributed by atoms with Crippen LogP contribution in [0.25, 0.3) is 0 Å². The summed E-state index contributed by atoms with van der Waals surface area (Å²) < 4.78 is 6.96. The molecule has 0 amide bonds. The minimum atomic E-state index is 0.420. The lowest BCUT2D eigenvalue weighted by Crippen LogP contribution is -2.31. The van der Waals surface area contributed by atoms with Crippen LogP contribution in [-0.4, -0.2) is 13.2 Å². The van der Waals surface area contributed by atoms with E-state index in [-0.39, 0.29) is 0 Å². The Balaban J connectivity index is 1.71. The van der Waals surface area contributed by atoms with Gasteiger partial charge in [0.05, 0.1) is 6.61 Å². The lowest BCUT2D eigenvalue weighted by molar-refractivity contribution is 0.278. The van der Waals surface area contributed by atoms with Crippen molar-refractivity contribution in [2.45, 2.75) is 12.5 Å². The molecule has 0 radical (unpaired) electrons. The van der Waals surface area contributed by atoms with Gasteiger partial charge in [-0.2, -0.15) is 0 Å². The molecule has 1 N–H and O–H groups in total. The molecule has 98 valence electrons. The van der Waals surface area contributed by atoms with Gasteiger partial charge in [-0.1, -0.05) is 46.3 Å². The van der Waals surface area contributed by atoms with Crippen LogP contribution in [0.15, 0.2) is 53.0 Å². The Kier molecular flexibility index (Phi) is 3.85. The summed E-state index contributed by atoms with van der Waals surface area (Å²) in [6, 6.07) is 16.6. The first-order valence-electron chi connectivity index (χ1n) is 6.50. The van der Waals surface area contributed by atoms with Crippen molar-refractivity contribution >= 4 is 15.9 Å². The van der Waals surface area contributed by atoms with Gasteiger partial charge in [-0.05, 0) is 29.3 Å². The standard InChI is InChI=1S/C16H16BrNO/c17-14-5-3-6-15(8-14)19-11-13-10-18-9-12-4-1-2-7-16(12)13/h1-8,13,18H,9-11H2. The van der Waals surface area contributed by atoms with Gasteiger partial charge in [-0.15, -0.1) is 0 Å². The zero-order valence-corrected chi connectivity index (χ0v) is 12.2. The molecular formula is C16H16BrNO. The van der Waals surface area contributed by atoms with E-state index in [1.807, 2.05) is 24.3 Å². The smallest absolute Gasteiger partial charge is 0.120 e. The maximum absolute atomic E-state index is 5.91. The van der Waals surface area contributed by atoms with Gasteiger partial charge in [0, 0.05) is 23.5 Å². The summed E-state index contributed by atoms with van der Waals surface area (Å²) in [6.07, 6.45) is 0. The Morgan fingerprint density at radius 3 is 2.95 bits per heavy atom. The summed E-state index contributed by atoms with van der Waals surface area (Å²) >= 11 is 3.46. The van der Waals surface area contributed by atoms with Gasteiger partial charge < -0.3 is 10.1 Å². The van der Waals surface area contributed by atoms with Crippen LogP contribution in [0, 0.1) is 0 Å². The Morgan fingerprint density at radius 2 is 2.05 bits per heavy atom. The van der Waals surface area contributed by atoms with Crippen LogP contribution in [0.4, 0.5) is 0 Å². The molecule has 1 heterocycles. The number of rotatable bonds is 3. The monoisotopic (exact) mass is 317 g/mol. The highest BCUT2D eigenvalue weighted by Crippen LogP contribution is 2.25. The van der Waals surface area contributed by atoms with Crippen LogP contribution < -0.4 is 10.1 Å². The third-order valence-electron chi connectivity index (χ3n) is 3.45. The van der Waals surface area contributed by atoms with E-state index in [2.05, 4.69) is 45.5 Å². The third-order valence-corrected chi connectivity index (χ3v) is 3.94. The van der Waals surface area contributed by atoms with Crippen LogP contribution in [0.2, 0.25) is 0 Å². The molecule has 0 aliphatic carbocycles. The zero-order valence-electron chi connectivity index (χ0n) is 10.6. The molecule has 3 rings (SSSR count). The molecule has 2 aromatic carbocycles. The Bertz CT molecular complexity index is 570. The fraction of sp³-hybridized carbons (Fsp3) is 0.250. The minimum Gasteiger partial charge on any atom is -0.493 e. The first-order chi connectivity index (χ1) is 9.33. The summed E-state index contributed by atoms with van der Waals surface area (Å²) in [6.45, 7) is 2.65. The number of fused-ring (bicyclic) bond motifs is 1. The van der Waals surface area contributed by atoms with Crippen molar-refractivity contribution in [2.75, 3.05) is 13.2 Å². The number of hydrogen-bond donors (Lipinski definition) is 1. The second-order valence-corrected chi connectivity index (χ2v) is 5.71. The summed E-state index contributed by atoms with van der Waals surface area (Å²) in [5.74, 6) is 1.33. The van der Waals surface area contributed by atoms with E-state index < -0.39 is 0 Å². The Labute approximate surface area is 121 Å². The lowest BCUT2D eigenvalue weighted by atomic mass is 9.91. The quantitative estimate of drug-likeness (QED) is 0.931. The van der Waals surface area contributed by atoms with Gasteiger partial charge >= 0.3 is 0 Å². The Morgan fingerprint density at radius 1 is 1.16 bits per heavy atom. The van der Waals surface area contributed by atoms with Gasteiger partial charge in [0.25, 0.3) is 0 Å². The van der Waals surface area contributed by atoms with Gasteiger partial charge in [0.2, 0.25) is 0 Å². The average molecular weight is 318 g/mol. The molecule has 1 atom stereocenters. The number of ether oxygens (including phenoxy) is 1. The van der Waals surface area contributed by atoms with E-state index in [9.17, 15) is 0 Å². The highest BCUT2D eigenvalue weighted by molar-refractivity contribution is 9.10. The largest absolute Gasteiger partial charge is 0.493 e. The van der Waals surface area contributed by atoms with Gasteiger partial charge in [0.15, 0.2) is 0 Å². The second-order valence-electron chi connectivity index (χ2n) is 4.80. The van der Waals surface area contributed by atoms with Crippen LogP contribution in [0.5, 0.6) is 5.75 Å². The first kappa shape index (κ1) is 12.7. The van der Waals surface area contributed by atoms with Crippen molar-refractivity contribution in [1.82, 2.24) is 5.32 Å². The first-order valence-corrected chi connectivity index (χ1v) is 7.29. The van der Waals surface area contributed by atoms with E-state index in [1.54, 1.807) is 0 Å². The maximum atomic E-state index is 5.91. The van der Waals surface area contributed by atoms with Crippen LogP contribution in [0.3, 0.4) is 0 Å². The molecule has 1 aliphatic rings. The van der Waals surface area contributed by atoms with Crippen LogP contribution >= 0.6 is 15.9 Å². The number of halogens is 1. The molecule has 1 unspecified atom stereocenters. The van der Waals surface area contributed by atoms with Gasteiger partial charge in [0.1, 0.15) is 5.75 Å². The predicted octanol–water partition coefficient (Wildman–Crippen LogP) is 3.71. The minimum absolute atomic E-state index is 0.420. The van der Waals surface area contributed by atoms with Crippen LogP contribution in [-0.2, 0) is 6.54 Å². The molecule has 0 spiro atoms. The summed E-state index contributed by atoms with van der Waals surface area (Å²) in [5.41, 5.74) is 2.80. The third kappa shape index (κ3) is 2.99. The van der Waals surface area contributed by atoms with E-state index in [0.717, 1.165) is 23.3 Å². The summed E-state index contributed by atoms with van der Waals surface area (Å²) in [4.78, 5) is 0. The highest BCUT2D eigenvalue weighted by atomic mass is 79.9. The second kappa shape index (κ2) is 5.76. The van der Waals surface area contributed by atoms with Gasteiger partial charge in [-0.25, -0.2) is 0 Å². The molecule has 0 saturated carbocycles. The van der Waals surface area contributed by atoms with Gasteiger partial charge in [-0.3, -0.25) is 0 Å². The van der Waals surface area contributed by atoms with E-state index in [0.29, 0.717) is 12.5 Å². The van der Waals surface area contributed by atoms with Crippen molar-refractivity contribution in [3.63, 3.8) is 0 Å². The average Bonchev–Trinajstić information content (AvgIpc) is 2.45. The Hall–Kier alpha value is -1.32. The molecule has 19 heavy (non-hydrogen) atoms. The summed E-state index contributed by atoms with van der Waals surface area (Å²) in [7, 11) is 0. The summed E-state index contributed by atoms with van der Waals surface area (Å²) in [5, 5.41) is 3.45. The van der Waals surface area contributed by atoms with Crippen LogP contribution in [0.1, 0.15) is 17.0 Å².